The molecule has 25 heavy (non-hydrogen) atoms. The van der Waals surface area contributed by atoms with E-state index in [4.69, 9.17) is 4.74 Å². The highest BCUT2D eigenvalue weighted by molar-refractivity contribution is 5.76. The van der Waals surface area contributed by atoms with Crippen LogP contribution < -0.4 is 5.32 Å². The maximum atomic E-state index is 13.8. The van der Waals surface area contributed by atoms with Gasteiger partial charge < -0.3 is 10.1 Å². The van der Waals surface area contributed by atoms with Crippen molar-refractivity contribution in [3.63, 3.8) is 0 Å². The number of aryl methyl sites for hydroxylation is 2. The second kappa shape index (κ2) is 7.81. The van der Waals surface area contributed by atoms with Crippen LogP contribution in [0.25, 0.3) is 5.70 Å². The topological polar surface area (TPSA) is 24.5 Å². The van der Waals surface area contributed by atoms with Crippen LogP contribution in [0, 0.1) is 19.7 Å². The number of hydrogen-bond donors (Lipinski definition) is 1. The Balaban J connectivity index is 1.73. The first-order valence-corrected chi connectivity index (χ1v) is 8.65. The molecule has 1 fully saturated rings. The van der Waals surface area contributed by atoms with Crippen molar-refractivity contribution in [3.8, 4) is 0 Å². The molecule has 1 saturated heterocycles. The lowest BCUT2D eigenvalue weighted by molar-refractivity contribution is 0.0342. The first-order chi connectivity index (χ1) is 12.0. The fraction of sp³-hybridized carbons (Fsp3) is 0.333. The van der Waals surface area contributed by atoms with E-state index < -0.39 is 0 Å². The molecule has 3 rings (SSSR count). The molecule has 1 heterocycles. The molecular formula is C21H25FN2O. The Kier molecular flexibility index (Phi) is 5.51. The smallest absolute Gasteiger partial charge is 0.126 e. The van der Waals surface area contributed by atoms with Crippen LogP contribution in [-0.2, 0) is 11.3 Å². The average molecular weight is 340 g/mol. The summed E-state index contributed by atoms with van der Waals surface area (Å²) in [6.45, 7) is 12.3. The summed E-state index contributed by atoms with van der Waals surface area (Å²) in [5.74, 6) is -0.210. The predicted molar refractivity (Wildman–Crippen MR) is 101 cm³/mol. The summed E-state index contributed by atoms with van der Waals surface area (Å²) in [4.78, 5) is 2.39. The minimum absolute atomic E-state index is 0.210. The number of halogens is 1. The Morgan fingerprint density at radius 1 is 1.12 bits per heavy atom. The number of nitrogens with zero attached hydrogens (tertiary/aromatic N) is 1. The van der Waals surface area contributed by atoms with E-state index in [0.29, 0.717) is 11.3 Å². The molecule has 2 aromatic carbocycles. The molecule has 1 N–H and O–H groups in total. The van der Waals surface area contributed by atoms with E-state index in [9.17, 15) is 4.39 Å². The summed E-state index contributed by atoms with van der Waals surface area (Å²) in [6, 6.07) is 11.6. The number of rotatable bonds is 5. The molecule has 3 nitrogen and oxygen atoms in total. The number of anilines is 1. The van der Waals surface area contributed by atoms with Gasteiger partial charge in [-0.15, -0.1) is 0 Å². The van der Waals surface area contributed by atoms with Crippen molar-refractivity contribution in [1.29, 1.82) is 0 Å². The molecule has 0 aliphatic carbocycles. The van der Waals surface area contributed by atoms with Crippen molar-refractivity contribution in [2.24, 2.45) is 0 Å². The van der Waals surface area contributed by atoms with E-state index in [-0.39, 0.29) is 5.82 Å². The van der Waals surface area contributed by atoms with Gasteiger partial charge in [0.1, 0.15) is 5.82 Å². The zero-order valence-corrected chi connectivity index (χ0v) is 14.9. The van der Waals surface area contributed by atoms with Crippen LogP contribution in [0.4, 0.5) is 10.1 Å². The van der Waals surface area contributed by atoms with Gasteiger partial charge in [-0.1, -0.05) is 30.8 Å². The summed E-state index contributed by atoms with van der Waals surface area (Å²) < 4.78 is 19.2. The molecule has 0 unspecified atom stereocenters. The van der Waals surface area contributed by atoms with E-state index in [0.717, 1.165) is 49.7 Å². The van der Waals surface area contributed by atoms with E-state index in [1.807, 2.05) is 6.07 Å². The van der Waals surface area contributed by atoms with Crippen LogP contribution in [0.5, 0.6) is 0 Å². The molecule has 1 aliphatic heterocycles. The molecule has 0 saturated carbocycles. The highest BCUT2D eigenvalue weighted by Gasteiger charge is 2.12. The van der Waals surface area contributed by atoms with Crippen molar-refractivity contribution < 1.29 is 9.13 Å². The summed E-state index contributed by atoms with van der Waals surface area (Å²) in [6.07, 6.45) is 0. The van der Waals surface area contributed by atoms with E-state index >= 15 is 0 Å². The zero-order valence-electron chi connectivity index (χ0n) is 14.9. The third-order valence-corrected chi connectivity index (χ3v) is 4.62. The second-order valence-corrected chi connectivity index (χ2v) is 6.61. The van der Waals surface area contributed by atoms with Crippen LogP contribution >= 0.6 is 0 Å². The third-order valence-electron chi connectivity index (χ3n) is 4.62. The molecule has 0 spiro atoms. The Morgan fingerprint density at radius 2 is 1.84 bits per heavy atom. The van der Waals surface area contributed by atoms with E-state index in [1.165, 1.54) is 11.6 Å². The SMILES string of the molecule is C=C(Nc1cc(CN2CCOCC2)ccc1C)c1ccc(C)c(F)c1. The maximum absolute atomic E-state index is 13.8. The maximum Gasteiger partial charge on any atom is 0.126 e. The first-order valence-electron chi connectivity index (χ1n) is 8.65. The lowest BCUT2D eigenvalue weighted by Gasteiger charge is -2.27. The van der Waals surface area contributed by atoms with Gasteiger partial charge in [-0.2, -0.15) is 0 Å². The summed E-state index contributed by atoms with van der Waals surface area (Å²) in [5, 5.41) is 3.35. The van der Waals surface area contributed by atoms with Gasteiger partial charge in [-0.3, -0.25) is 4.90 Å². The van der Waals surface area contributed by atoms with Crippen molar-refractivity contribution >= 4 is 11.4 Å². The molecule has 4 heteroatoms. The number of morpholine rings is 1. The second-order valence-electron chi connectivity index (χ2n) is 6.61. The Bertz CT molecular complexity index is 766. The number of hydrogen-bond acceptors (Lipinski definition) is 3. The van der Waals surface area contributed by atoms with Crippen LogP contribution in [-0.4, -0.2) is 31.2 Å². The Morgan fingerprint density at radius 3 is 2.56 bits per heavy atom. The summed E-state index contributed by atoms with van der Waals surface area (Å²) >= 11 is 0. The fourth-order valence-electron chi connectivity index (χ4n) is 2.93. The molecule has 2 aromatic rings. The summed E-state index contributed by atoms with van der Waals surface area (Å²) in [5.41, 5.74) is 5.50. The van der Waals surface area contributed by atoms with Gasteiger partial charge in [0.2, 0.25) is 0 Å². The zero-order chi connectivity index (χ0) is 17.8. The van der Waals surface area contributed by atoms with Crippen LogP contribution in [0.2, 0.25) is 0 Å². The van der Waals surface area contributed by atoms with Gasteiger partial charge in [0.05, 0.1) is 13.2 Å². The van der Waals surface area contributed by atoms with Crippen molar-refractivity contribution in [2.45, 2.75) is 20.4 Å². The van der Waals surface area contributed by atoms with Gasteiger partial charge in [-0.05, 0) is 42.7 Å². The molecule has 0 radical (unpaired) electrons. The monoisotopic (exact) mass is 340 g/mol. The summed E-state index contributed by atoms with van der Waals surface area (Å²) in [7, 11) is 0. The lowest BCUT2D eigenvalue weighted by Crippen LogP contribution is -2.35. The Labute approximate surface area is 149 Å². The molecule has 1 aliphatic rings. The molecule has 0 amide bonds. The normalized spacial score (nSPS) is 15.2. The van der Waals surface area contributed by atoms with Crippen molar-refractivity contribution in [1.82, 2.24) is 4.90 Å². The standard InChI is InChI=1S/C21H25FN2O/c1-15-5-7-19(13-20(15)22)17(3)23-21-12-18(6-4-16(21)2)14-24-8-10-25-11-9-24/h4-7,12-13,23H,3,8-11,14H2,1-2H3. The number of ether oxygens (including phenoxy) is 1. The van der Waals surface area contributed by atoms with Gasteiger partial charge in [0, 0.05) is 36.6 Å². The number of nitrogens with one attached hydrogen (secondary N) is 1. The predicted octanol–water partition coefficient (Wildman–Crippen LogP) is 4.36. The van der Waals surface area contributed by atoms with Crippen LogP contribution in [0.1, 0.15) is 22.3 Å². The first kappa shape index (κ1) is 17.6. The minimum Gasteiger partial charge on any atom is -0.379 e. The van der Waals surface area contributed by atoms with Crippen LogP contribution in [0.3, 0.4) is 0 Å². The van der Waals surface area contributed by atoms with Gasteiger partial charge >= 0.3 is 0 Å². The fourth-order valence-corrected chi connectivity index (χ4v) is 2.93. The van der Waals surface area contributed by atoms with E-state index in [2.05, 4.69) is 41.9 Å². The van der Waals surface area contributed by atoms with Crippen molar-refractivity contribution in [3.05, 3.63) is 71.0 Å². The lowest BCUT2D eigenvalue weighted by atomic mass is 10.1. The largest absolute Gasteiger partial charge is 0.379 e. The van der Waals surface area contributed by atoms with Gasteiger partial charge in [-0.25, -0.2) is 4.39 Å². The highest BCUT2D eigenvalue weighted by atomic mass is 19.1. The average Bonchev–Trinajstić information content (AvgIpc) is 2.61. The van der Waals surface area contributed by atoms with Crippen molar-refractivity contribution in [2.75, 3.05) is 31.6 Å². The van der Waals surface area contributed by atoms with Gasteiger partial charge in [0.25, 0.3) is 0 Å². The molecule has 132 valence electrons. The quantitative estimate of drug-likeness (QED) is 0.875. The third kappa shape index (κ3) is 4.47. The molecule has 0 bridgehead atoms. The highest BCUT2D eigenvalue weighted by Crippen LogP contribution is 2.24. The minimum atomic E-state index is -0.210. The molecule has 0 aromatic heterocycles. The van der Waals surface area contributed by atoms with E-state index in [1.54, 1.807) is 13.0 Å². The molecule has 0 atom stereocenters. The van der Waals surface area contributed by atoms with Gasteiger partial charge in [0.15, 0.2) is 0 Å². The Hall–Kier alpha value is -2.17. The van der Waals surface area contributed by atoms with Crippen LogP contribution in [0.15, 0.2) is 43.0 Å². The number of benzene rings is 2. The molecular weight excluding hydrogens is 315 g/mol.